The number of nitrogens with zero attached hydrogens (tertiary/aromatic N) is 6. The van der Waals surface area contributed by atoms with E-state index in [1.807, 2.05) is 36.5 Å². The Morgan fingerprint density at radius 1 is 1.23 bits per heavy atom. The van der Waals surface area contributed by atoms with Gasteiger partial charge in [0.25, 0.3) is 0 Å². The molecule has 1 N–H and O–H groups in total. The van der Waals surface area contributed by atoms with Gasteiger partial charge in [-0.05, 0) is 29.8 Å². The number of anilines is 1. The number of nitriles is 1. The normalized spacial score (nSPS) is 10.6. The first-order chi connectivity index (χ1) is 12.7. The van der Waals surface area contributed by atoms with E-state index < -0.39 is 0 Å². The number of nitrogens with one attached hydrogen (secondary N) is 1. The predicted molar refractivity (Wildman–Crippen MR) is 94.0 cm³/mol. The third-order valence-corrected chi connectivity index (χ3v) is 3.79. The molecule has 0 aliphatic carbocycles. The lowest BCUT2D eigenvalue weighted by atomic mass is 10.1. The topological polar surface area (TPSA) is 101 Å². The van der Waals surface area contributed by atoms with Gasteiger partial charge >= 0.3 is 0 Å². The van der Waals surface area contributed by atoms with Gasteiger partial charge in [0.2, 0.25) is 11.9 Å². The van der Waals surface area contributed by atoms with E-state index >= 15 is 0 Å². The van der Waals surface area contributed by atoms with Crippen molar-refractivity contribution in [2.24, 2.45) is 0 Å². The second-order valence-corrected chi connectivity index (χ2v) is 5.63. The standard InChI is InChI=1S/C18H13N7O/c19-9-13-2-1-3-14(8-13)15-4-5-16-21-18(23-25(16)10-15)22-17(26)11-24-7-6-20-12-24/h1-8,10,12H,11H2,(H,22,23,26). The van der Waals surface area contributed by atoms with Crippen molar-refractivity contribution >= 4 is 17.5 Å². The van der Waals surface area contributed by atoms with Crippen LogP contribution < -0.4 is 5.32 Å². The van der Waals surface area contributed by atoms with Crippen molar-refractivity contribution in [3.8, 4) is 17.2 Å². The SMILES string of the molecule is N#Cc1cccc(-c2ccc3nc(NC(=O)Cn4ccnc4)nn3c2)c1. The van der Waals surface area contributed by atoms with E-state index in [4.69, 9.17) is 5.26 Å². The van der Waals surface area contributed by atoms with Crippen LogP contribution in [-0.4, -0.2) is 30.1 Å². The van der Waals surface area contributed by atoms with Gasteiger partial charge in [-0.15, -0.1) is 5.10 Å². The molecule has 0 atom stereocenters. The zero-order valence-electron chi connectivity index (χ0n) is 13.6. The Morgan fingerprint density at radius 2 is 2.15 bits per heavy atom. The molecule has 0 unspecified atom stereocenters. The quantitative estimate of drug-likeness (QED) is 0.611. The molecule has 3 aromatic heterocycles. The smallest absolute Gasteiger partial charge is 0.249 e. The number of fused-ring (bicyclic) bond motifs is 1. The van der Waals surface area contributed by atoms with Crippen LogP contribution in [0.25, 0.3) is 16.8 Å². The summed E-state index contributed by atoms with van der Waals surface area (Å²) in [6.45, 7) is 0.141. The molecule has 3 heterocycles. The average Bonchev–Trinajstić information content (AvgIpc) is 3.30. The van der Waals surface area contributed by atoms with Crippen LogP contribution in [0.4, 0.5) is 5.95 Å². The Bertz CT molecular complexity index is 1120. The molecule has 0 spiro atoms. The summed E-state index contributed by atoms with van der Waals surface area (Å²) in [6, 6.07) is 13.2. The molecule has 1 amide bonds. The minimum Gasteiger partial charge on any atom is -0.328 e. The van der Waals surface area contributed by atoms with E-state index in [0.717, 1.165) is 11.1 Å². The van der Waals surface area contributed by atoms with Gasteiger partial charge in [-0.3, -0.25) is 10.1 Å². The fourth-order valence-corrected chi connectivity index (χ4v) is 2.59. The zero-order valence-corrected chi connectivity index (χ0v) is 13.6. The Morgan fingerprint density at radius 3 is 2.96 bits per heavy atom. The van der Waals surface area contributed by atoms with Gasteiger partial charge in [0.05, 0.1) is 18.0 Å². The number of rotatable bonds is 4. The van der Waals surface area contributed by atoms with Crippen molar-refractivity contribution in [1.82, 2.24) is 24.1 Å². The van der Waals surface area contributed by atoms with Gasteiger partial charge in [0.1, 0.15) is 6.54 Å². The predicted octanol–water partition coefficient (Wildman–Crippen LogP) is 2.10. The van der Waals surface area contributed by atoms with E-state index in [1.165, 1.54) is 0 Å². The van der Waals surface area contributed by atoms with Crippen molar-refractivity contribution in [1.29, 1.82) is 5.26 Å². The largest absolute Gasteiger partial charge is 0.328 e. The Labute approximate surface area is 148 Å². The lowest BCUT2D eigenvalue weighted by molar-refractivity contribution is -0.116. The average molecular weight is 343 g/mol. The summed E-state index contributed by atoms with van der Waals surface area (Å²) >= 11 is 0. The number of carbonyl (C=O) groups is 1. The minimum absolute atomic E-state index is 0.141. The lowest BCUT2D eigenvalue weighted by Crippen LogP contribution is -2.18. The molecule has 8 nitrogen and oxygen atoms in total. The highest BCUT2D eigenvalue weighted by molar-refractivity contribution is 5.89. The van der Waals surface area contributed by atoms with Crippen molar-refractivity contribution < 1.29 is 4.79 Å². The van der Waals surface area contributed by atoms with Crippen molar-refractivity contribution in [2.75, 3.05) is 5.32 Å². The molecule has 0 radical (unpaired) electrons. The summed E-state index contributed by atoms with van der Waals surface area (Å²) in [7, 11) is 0. The number of aromatic nitrogens is 5. The van der Waals surface area contributed by atoms with Crippen LogP contribution in [0.5, 0.6) is 0 Å². The maximum atomic E-state index is 12.0. The molecule has 126 valence electrons. The van der Waals surface area contributed by atoms with Crippen LogP contribution in [0.15, 0.2) is 61.3 Å². The molecule has 8 heteroatoms. The molecule has 0 saturated carbocycles. The lowest BCUT2D eigenvalue weighted by Gasteiger charge is -2.02. The molecule has 0 aliphatic heterocycles. The summed E-state index contributed by atoms with van der Waals surface area (Å²) in [6.07, 6.45) is 6.69. The first-order valence-corrected chi connectivity index (χ1v) is 7.84. The molecular weight excluding hydrogens is 330 g/mol. The van der Waals surface area contributed by atoms with Crippen LogP contribution in [0, 0.1) is 11.3 Å². The summed E-state index contributed by atoms with van der Waals surface area (Å²) in [4.78, 5) is 20.2. The van der Waals surface area contributed by atoms with E-state index in [0.29, 0.717) is 11.2 Å². The van der Waals surface area contributed by atoms with Crippen LogP contribution >= 0.6 is 0 Å². The highest BCUT2D eigenvalue weighted by Gasteiger charge is 2.09. The van der Waals surface area contributed by atoms with Gasteiger partial charge < -0.3 is 4.57 Å². The number of amides is 1. The summed E-state index contributed by atoms with van der Waals surface area (Å²) in [5.74, 6) is -0.00103. The number of carbonyl (C=O) groups excluding carboxylic acids is 1. The number of imidazole rings is 1. The fourth-order valence-electron chi connectivity index (χ4n) is 2.59. The van der Waals surface area contributed by atoms with Gasteiger partial charge in [-0.2, -0.15) is 10.2 Å². The molecular formula is C18H13N7O. The molecule has 0 saturated heterocycles. The van der Waals surface area contributed by atoms with Crippen molar-refractivity contribution in [2.45, 2.75) is 6.54 Å². The van der Waals surface area contributed by atoms with Gasteiger partial charge in [0, 0.05) is 24.2 Å². The maximum Gasteiger partial charge on any atom is 0.249 e. The molecule has 4 rings (SSSR count). The number of pyridine rings is 1. The first-order valence-electron chi connectivity index (χ1n) is 7.84. The second kappa shape index (κ2) is 6.49. The Kier molecular flexibility index (Phi) is 3.88. The summed E-state index contributed by atoms with van der Waals surface area (Å²) in [5, 5.41) is 16.0. The van der Waals surface area contributed by atoms with E-state index in [1.54, 1.807) is 33.9 Å². The van der Waals surface area contributed by atoms with Crippen LogP contribution in [0.1, 0.15) is 5.56 Å². The van der Waals surface area contributed by atoms with E-state index in [2.05, 4.69) is 26.5 Å². The maximum absolute atomic E-state index is 12.0. The number of hydrogen-bond donors (Lipinski definition) is 1. The van der Waals surface area contributed by atoms with Crippen LogP contribution in [0.2, 0.25) is 0 Å². The Hall–Kier alpha value is -3.99. The third-order valence-electron chi connectivity index (χ3n) is 3.79. The van der Waals surface area contributed by atoms with Gasteiger partial charge in [0.15, 0.2) is 5.65 Å². The second-order valence-electron chi connectivity index (χ2n) is 5.63. The van der Waals surface area contributed by atoms with Crippen LogP contribution in [-0.2, 0) is 11.3 Å². The Balaban J connectivity index is 1.57. The fraction of sp³-hybridized carbons (Fsp3) is 0.0556. The highest BCUT2D eigenvalue weighted by atomic mass is 16.2. The summed E-state index contributed by atoms with van der Waals surface area (Å²) < 4.78 is 3.26. The molecule has 0 fully saturated rings. The van der Waals surface area contributed by atoms with E-state index in [-0.39, 0.29) is 18.4 Å². The van der Waals surface area contributed by atoms with Gasteiger partial charge in [-0.1, -0.05) is 12.1 Å². The minimum atomic E-state index is -0.235. The number of hydrogen-bond acceptors (Lipinski definition) is 5. The summed E-state index contributed by atoms with van der Waals surface area (Å²) in [5.41, 5.74) is 3.01. The van der Waals surface area contributed by atoms with Crippen molar-refractivity contribution in [3.63, 3.8) is 0 Å². The highest BCUT2D eigenvalue weighted by Crippen LogP contribution is 2.21. The zero-order chi connectivity index (χ0) is 17.9. The third kappa shape index (κ3) is 3.14. The van der Waals surface area contributed by atoms with Crippen molar-refractivity contribution in [3.05, 3.63) is 66.9 Å². The monoisotopic (exact) mass is 343 g/mol. The molecule has 26 heavy (non-hydrogen) atoms. The van der Waals surface area contributed by atoms with Gasteiger partial charge in [-0.25, -0.2) is 9.50 Å². The number of benzene rings is 1. The molecule has 4 aromatic rings. The van der Waals surface area contributed by atoms with E-state index in [9.17, 15) is 4.79 Å². The van der Waals surface area contributed by atoms with Crippen LogP contribution in [0.3, 0.4) is 0 Å². The molecule has 0 bridgehead atoms. The first kappa shape index (κ1) is 15.5. The molecule has 0 aliphatic rings. The molecule has 1 aromatic carbocycles.